The highest BCUT2D eigenvalue weighted by Gasteiger charge is 2.59. The van der Waals surface area contributed by atoms with Crippen molar-refractivity contribution in [3.05, 3.63) is 18.0 Å². The molecule has 0 saturated heterocycles. The lowest BCUT2D eigenvalue weighted by molar-refractivity contribution is 0.155. The fourth-order valence-corrected chi connectivity index (χ4v) is 5.61. The van der Waals surface area contributed by atoms with Crippen LogP contribution in [0.3, 0.4) is 0 Å². The first-order chi connectivity index (χ1) is 9.57. The smallest absolute Gasteiger partial charge is 0.0643 e. The Kier molecular flexibility index (Phi) is 2.79. The minimum Gasteiger partial charge on any atom is -0.324 e. The second kappa shape index (κ2) is 4.33. The number of hydrogen-bond donors (Lipinski definition) is 1. The molecule has 5 unspecified atom stereocenters. The van der Waals surface area contributed by atoms with Crippen LogP contribution < -0.4 is 5.73 Å². The Balaban J connectivity index is 1.53. The Morgan fingerprint density at radius 3 is 2.95 bits per heavy atom. The van der Waals surface area contributed by atoms with Crippen molar-refractivity contribution in [1.29, 1.82) is 0 Å². The van der Waals surface area contributed by atoms with Crippen LogP contribution in [0.4, 0.5) is 0 Å². The molecule has 0 radical (unpaired) electrons. The Bertz CT molecular complexity index is 506. The molecule has 20 heavy (non-hydrogen) atoms. The number of nitrogens with two attached hydrogens (primary N) is 1. The van der Waals surface area contributed by atoms with E-state index in [1.807, 2.05) is 0 Å². The average Bonchev–Trinajstić information content (AvgIpc) is 3.07. The van der Waals surface area contributed by atoms with Gasteiger partial charge in [-0.3, -0.25) is 4.68 Å². The van der Waals surface area contributed by atoms with E-state index < -0.39 is 0 Å². The molecule has 5 atom stereocenters. The zero-order valence-corrected chi connectivity index (χ0v) is 12.8. The minimum atomic E-state index is 0.0341. The summed E-state index contributed by atoms with van der Waals surface area (Å²) in [7, 11) is 0. The van der Waals surface area contributed by atoms with Gasteiger partial charge < -0.3 is 5.73 Å². The van der Waals surface area contributed by atoms with Gasteiger partial charge in [-0.1, -0.05) is 6.42 Å². The van der Waals surface area contributed by atoms with E-state index >= 15 is 0 Å². The SMILES string of the molecule is CC(C)n1ccc(CC2(N)CC3CC2C2CCCC32)n1. The molecular formula is C17H27N3. The molecule has 0 aromatic carbocycles. The highest BCUT2D eigenvalue weighted by atomic mass is 15.3. The topological polar surface area (TPSA) is 43.8 Å². The van der Waals surface area contributed by atoms with Crippen molar-refractivity contribution in [3.8, 4) is 0 Å². The van der Waals surface area contributed by atoms with Crippen LogP contribution in [0, 0.1) is 23.7 Å². The normalized spacial score (nSPS) is 42.6. The second-order valence-electron chi connectivity index (χ2n) is 7.86. The molecule has 3 heteroatoms. The van der Waals surface area contributed by atoms with E-state index in [-0.39, 0.29) is 5.54 Å². The van der Waals surface area contributed by atoms with Gasteiger partial charge in [0.2, 0.25) is 0 Å². The first kappa shape index (κ1) is 12.9. The van der Waals surface area contributed by atoms with Crippen molar-refractivity contribution < 1.29 is 0 Å². The third-order valence-corrected chi connectivity index (χ3v) is 6.39. The Morgan fingerprint density at radius 2 is 2.20 bits per heavy atom. The minimum absolute atomic E-state index is 0.0341. The van der Waals surface area contributed by atoms with Crippen LogP contribution in [0.2, 0.25) is 0 Å². The third-order valence-electron chi connectivity index (χ3n) is 6.39. The van der Waals surface area contributed by atoms with Gasteiger partial charge in [-0.25, -0.2) is 0 Å². The van der Waals surface area contributed by atoms with Gasteiger partial charge in [0.05, 0.1) is 5.69 Å². The third kappa shape index (κ3) is 1.78. The summed E-state index contributed by atoms with van der Waals surface area (Å²) in [5.41, 5.74) is 8.10. The number of aromatic nitrogens is 2. The van der Waals surface area contributed by atoms with Crippen LogP contribution in [-0.2, 0) is 6.42 Å². The molecule has 1 aromatic heterocycles. The van der Waals surface area contributed by atoms with Gasteiger partial charge in [0, 0.05) is 24.2 Å². The van der Waals surface area contributed by atoms with Gasteiger partial charge in [-0.15, -0.1) is 0 Å². The maximum Gasteiger partial charge on any atom is 0.0643 e. The molecule has 3 aliphatic carbocycles. The molecule has 1 aromatic rings. The van der Waals surface area contributed by atoms with Crippen molar-refractivity contribution in [1.82, 2.24) is 9.78 Å². The van der Waals surface area contributed by atoms with E-state index in [4.69, 9.17) is 10.8 Å². The summed E-state index contributed by atoms with van der Waals surface area (Å²) in [5, 5.41) is 4.72. The van der Waals surface area contributed by atoms with Gasteiger partial charge in [-0.2, -0.15) is 5.10 Å². The second-order valence-corrected chi connectivity index (χ2v) is 7.86. The summed E-state index contributed by atoms with van der Waals surface area (Å²) < 4.78 is 2.06. The Labute approximate surface area is 121 Å². The number of hydrogen-bond acceptors (Lipinski definition) is 2. The molecule has 3 saturated carbocycles. The number of nitrogens with zero attached hydrogens (tertiary/aromatic N) is 2. The van der Waals surface area contributed by atoms with Gasteiger partial charge in [0.15, 0.2) is 0 Å². The fourth-order valence-electron chi connectivity index (χ4n) is 5.61. The zero-order chi connectivity index (χ0) is 13.9. The maximum atomic E-state index is 6.87. The quantitative estimate of drug-likeness (QED) is 0.919. The average molecular weight is 273 g/mol. The van der Waals surface area contributed by atoms with Crippen LogP contribution in [-0.4, -0.2) is 15.3 Å². The van der Waals surface area contributed by atoms with Crippen molar-refractivity contribution in [2.45, 2.75) is 64.0 Å². The molecule has 4 rings (SSSR count). The lowest BCUT2D eigenvalue weighted by atomic mass is 9.69. The van der Waals surface area contributed by atoms with Crippen LogP contribution >= 0.6 is 0 Å². The summed E-state index contributed by atoms with van der Waals surface area (Å²) in [4.78, 5) is 0. The predicted octanol–water partition coefficient (Wildman–Crippen LogP) is 3.16. The molecule has 3 aliphatic rings. The molecule has 0 amide bonds. The molecule has 3 fully saturated rings. The monoisotopic (exact) mass is 273 g/mol. The largest absolute Gasteiger partial charge is 0.324 e. The van der Waals surface area contributed by atoms with E-state index in [0.717, 1.165) is 30.1 Å². The van der Waals surface area contributed by atoms with E-state index in [9.17, 15) is 0 Å². The number of rotatable bonds is 3. The zero-order valence-electron chi connectivity index (χ0n) is 12.8. The van der Waals surface area contributed by atoms with Crippen LogP contribution in [0.25, 0.3) is 0 Å². The van der Waals surface area contributed by atoms with Crippen LogP contribution in [0.15, 0.2) is 12.3 Å². The number of fused-ring (bicyclic) bond motifs is 5. The lowest BCUT2D eigenvalue weighted by Gasteiger charge is -2.40. The summed E-state index contributed by atoms with van der Waals surface area (Å²) in [6, 6.07) is 2.61. The first-order valence-electron chi connectivity index (χ1n) is 8.40. The molecule has 0 aliphatic heterocycles. The highest BCUT2D eigenvalue weighted by molar-refractivity contribution is 5.17. The molecular weight excluding hydrogens is 246 g/mol. The molecule has 2 bridgehead atoms. The van der Waals surface area contributed by atoms with Gasteiger partial charge in [-0.05, 0) is 69.3 Å². The van der Waals surface area contributed by atoms with E-state index in [2.05, 4.69) is 30.8 Å². The molecule has 110 valence electrons. The summed E-state index contributed by atoms with van der Waals surface area (Å²) in [5.74, 6) is 3.64. The van der Waals surface area contributed by atoms with Crippen molar-refractivity contribution in [2.24, 2.45) is 29.4 Å². The molecule has 2 N–H and O–H groups in total. The van der Waals surface area contributed by atoms with Crippen molar-refractivity contribution in [2.75, 3.05) is 0 Å². The Hall–Kier alpha value is -0.830. The van der Waals surface area contributed by atoms with Crippen molar-refractivity contribution in [3.63, 3.8) is 0 Å². The summed E-state index contributed by atoms with van der Waals surface area (Å²) >= 11 is 0. The van der Waals surface area contributed by atoms with E-state index in [1.165, 1.54) is 37.8 Å². The molecule has 1 heterocycles. The van der Waals surface area contributed by atoms with Crippen LogP contribution in [0.1, 0.15) is 57.7 Å². The van der Waals surface area contributed by atoms with Gasteiger partial charge >= 0.3 is 0 Å². The summed E-state index contributed by atoms with van der Waals surface area (Å²) in [6.45, 7) is 4.35. The van der Waals surface area contributed by atoms with E-state index in [1.54, 1.807) is 0 Å². The molecule has 0 spiro atoms. The summed E-state index contributed by atoms with van der Waals surface area (Å²) in [6.07, 6.45) is 10.1. The van der Waals surface area contributed by atoms with E-state index in [0.29, 0.717) is 6.04 Å². The van der Waals surface area contributed by atoms with Crippen molar-refractivity contribution >= 4 is 0 Å². The lowest BCUT2D eigenvalue weighted by Crippen LogP contribution is -2.51. The highest BCUT2D eigenvalue weighted by Crippen LogP contribution is 2.62. The fraction of sp³-hybridized carbons (Fsp3) is 0.824. The maximum absolute atomic E-state index is 6.87. The van der Waals surface area contributed by atoms with Gasteiger partial charge in [0.1, 0.15) is 0 Å². The van der Waals surface area contributed by atoms with Gasteiger partial charge in [0.25, 0.3) is 0 Å². The Morgan fingerprint density at radius 1 is 1.40 bits per heavy atom. The first-order valence-corrected chi connectivity index (χ1v) is 8.40. The standard InChI is InChI=1S/C17H27N3/c1-11(2)20-7-6-13(19-20)10-17(18)9-12-8-16(17)15-5-3-4-14(12)15/h6-7,11-12,14-16H,3-5,8-10,18H2,1-2H3. The predicted molar refractivity (Wildman–Crippen MR) is 80.3 cm³/mol. The molecule has 3 nitrogen and oxygen atoms in total. The van der Waals surface area contributed by atoms with Crippen LogP contribution in [0.5, 0.6) is 0 Å².